The summed E-state index contributed by atoms with van der Waals surface area (Å²) < 4.78 is 0. The zero-order valence-electron chi connectivity index (χ0n) is 12.3. The lowest BCUT2D eigenvalue weighted by Gasteiger charge is -2.18. The fraction of sp³-hybridized carbons (Fsp3) is 0.500. The molecule has 0 aromatic heterocycles. The van der Waals surface area contributed by atoms with Crippen LogP contribution in [0.4, 0.5) is 0 Å². The maximum Gasteiger partial charge on any atom is 0.323 e. The second kappa shape index (κ2) is 8.35. The summed E-state index contributed by atoms with van der Waals surface area (Å²) in [5, 5.41) is 8.75. The Labute approximate surface area is 120 Å². The van der Waals surface area contributed by atoms with E-state index in [1.807, 2.05) is 24.3 Å². The van der Waals surface area contributed by atoms with E-state index in [0.29, 0.717) is 6.54 Å². The van der Waals surface area contributed by atoms with Crippen LogP contribution in [-0.4, -0.2) is 35.0 Å². The van der Waals surface area contributed by atoms with Gasteiger partial charge in [-0.3, -0.25) is 9.59 Å². The maximum absolute atomic E-state index is 12.0. The summed E-state index contributed by atoms with van der Waals surface area (Å²) in [7, 11) is 0. The van der Waals surface area contributed by atoms with Crippen LogP contribution in [0.15, 0.2) is 24.3 Å². The van der Waals surface area contributed by atoms with E-state index in [0.717, 1.165) is 12.0 Å². The Morgan fingerprint density at radius 1 is 1.10 bits per heavy atom. The molecule has 0 heterocycles. The fourth-order valence-electron chi connectivity index (χ4n) is 2.03. The molecule has 1 N–H and O–H groups in total. The van der Waals surface area contributed by atoms with E-state index in [1.165, 1.54) is 23.3 Å². The quantitative estimate of drug-likeness (QED) is 0.794. The molecule has 1 aromatic carbocycles. The van der Waals surface area contributed by atoms with Gasteiger partial charge in [0.15, 0.2) is 0 Å². The van der Waals surface area contributed by atoms with Crippen LogP contribution >= 0.6 is 0 Å². The Bertz CT molecular complexity index is 440. The third kappa shape index (κ3) is 5.43. The van der Waals surface area contributed by atoms with Crippen LogP contribution in [0, 0.1) is 0 Å². The molecule has 1 rings (SSSR count). The molecule has 0 aliphatic heterocycles. The second-order valence-corrected chi connectivity index (χ2v) is 4.90. The predicted molar refractivity (Wildman–Crippen MR) is 78.6 cm³/mol. The van der Waals surface area contributed by atoms with E-state index in [-0.39, 0.29) is 18.9 Å². The summed E-state index contributed by atoms with van der Waals surface area (Å²) in [6.45, 7) is 4.13. The largest absolute Gasteiger partial charge is 0.480 e. The molecule has 4 heteroatoms. The Balaban J connectivity index is 2.58. The van der Waals surface area contributed by atoms with Gasteiger partial charge < -0.3 is 10.0 Å². The van der Waals surface area contributed by atoms with Gasteiger partial charge in [-0.2, -0.15) is 0 Å². The van der Waals surface area contributed by atoms with Crippen molar-refractivity contribution in [3.8, 4) is 0 Å². The van der Waals surface area contributed by atoms with Crippen LogP contribution < -0.4 is 0 Å². The molecule has 0 radical (unpaired) electrons. The number of carboxylic acid groups (broad SMARTS) is 1. The minimum atomic E-state index is -0.977. The molecule has 0 fully saturated rings. The molecule has 0 aliphatic carbocycles. The predicted octanol–water partition coefficient (Wildman–Crippen LogP) is 2.50. The fourth-order valence-corrected chi connectivity index (χ4v) is 2.03. The number of hydrogen-bond acceptors (Lipinski definition) is 2. The van der Waals surface area contributed by atoms with E-state index in [9.17, 15) is 9.59 Å². The minimum Gasteiger partial charge on any atom is -0.480 e. The molecule has 0 saturated carbocycles. The first-order valence-electron chi connectivity index (χ1n) is 7.14. The van der Waals surface area contributed by atoms with E-state index < -0.39 is 5.97 Å². The Morgan fingerprint density at radius 3 is 2.20 bits per heavy atom. The zero-order chi connectivity index (χ0) is 15.0. The van der Waals surface area contributed by atoms with Crippen molar-refractivity contribution < 1.29 is 14.7 Å². The number of benzene rings is 1. The van der Waals surface area contributed by atoms with E-state index in [2.05, 4.69) is 6.92 Å². The molecule has 0 saturated heterocycles. The first kappa shape index (κ1) is 16.2. The Morgan fingerprint density at radius 2 is 1.70 bits per heavy atom. The first-order chi connectivity index (χ1) is 9.56. The summed E-state index contributed by atoms with van der Waals surface area (Å²) in [4.78, 5) is 24.0. The monoisotopic (exact) mass is 277 g/mol. The van der Waals surface area contributed by atoms with Crippen molar-refractivity contribution >= 4 is 11.9 Å². The van der Waals surface area contributed by atoms with Crippen LogP contribution in [0.3, 0.4) is 0 Å². The first-order valence-corrected chi connectivity index (χ1v) is 7.14. The number of aliphatic carboxylic acids is 1. The zero-order valence-corrected chi connectivity index (χ0v) is 12.3. The van der Waals surface area contributed by atoms with Crippen molar-refractivity contribution in [2.75, 3.05) is 13.1 Å². The number of nitrogens with zero attached hydrogens (tertiary/aromatic N) is 1. The minimum absolute atomic E-state index is 0.142. The molecule has 0 unspecified atom stereocenters. The Kier molecular flexibility index (Phi) is 6.77. The van der Waals surface area contributed by atoms with E-state index in [1.54, 1.807) is 6.92 Å². The molecule has 1 amide bonds. The standard InChI is InChI=1S/C16H23NO3/c1-3-5-6-13-7-9-14(10-8-13)11-15(18)17(4-2)12-16(19)20/h7-10H,3-6,11-12H2,1-2H3,(H,19,20). The SMILES string of the molecule is CCCCc1ccc(CC(=O)N(CC)CC(=O)O)cc1. The van der Waals surface area contributed by atoms with Crippen molar-refractivity contribution in [1.29, 1.82) is 0 Å². The number of hydrogen-bond donors (Lipinski definition) is 1. The molecule has 1 aromatic rings. The molecule has 0 aliphatic rings. The van der Waals surface area contributed by atoms with Gasteiger partial charge in [-0.05, 0) is 30.9 Å². The number of rotatable bonds is 8. The lowest BCUT2D eigenvalue weighted by Crippen LogP contribution is -2.36. The molecular weight excluding hydrogens is 254 g/mol. The molecule has 0 bridgehead atoms. The Hall–Kier alpha value is -1.84. The number of unbranched alkanes of at least 4 members (excludes halogenated alkanes) is 1. The normalized spacial score (nSPS) is 10.3. The average Bonchev–Trinajstić information content (AvgIpc) is 2.43. The molecule has 20 heavy (non-hydrogen) atoms. The summed E-state index contributed by atoms with van der Waals surface area (Å²) in [6, 6.07) is 8.01. The number of amides is 1. The second-order valence-electron chi connectivity index (χ2n) is 4.90. The highest BCUT2D eigenvalue weighted by Crippen LogP contribution is 2.09. The molecule has 0 atom stereocenters. The van der Waals surface area contributed by atoms with Gasteiger partial charge in [0.05, 0.1) is 6.42 Å². The van der Waals surface area contributed by atoms with Crippen LogP contribution in [0.25, 0.3) is 0 Å². The summed E-state index contributed by atoms with van der Waals surface area (Å²) in [6.07, 6.45) is 3.65. The van der Waals surface area contributed by atoms with E-state index in [4.69, 9.17) is 5.11 Å². The van der Waals surface area contributed by atoms with Gasteiger partial charge in [-0.1, -0.05) is 37.6 Å². The number of carbonyl (C=O) groups is 2. The topological polar surface area (TPSA) is 57.6 Å². The van der Waals surface area contributed by atoms with Crippen molar-refractivity contribution in [2.24, 2.45) is 0 Å². The van der Waals surface area contributed by atoms with Crippen LogP contribution in [-0.2, 0) is 22.4 Å². The molecule has 110 valence electrons. The summed E-state index contributed by atoms with van der Waals surface area (Å²) in [5.41, 5.74) is 2.21. The van der Waals surface area contributed by atoms with Crippen molar-refractivity contribution in [2.45, 2.75) is 39.5 Å². The maximum atomic E-state index is 12.0. The molecule has 4 nitrogen and oxygen atoms in total. The lowest BCUT2D eigenvalue weighted by atomic mass is 10.0. The number of likely N-dealkylation sites (N-methyl/N-ethyl adjacent to an activating group) is 1. The third-order valence-electron chi connectivity index (χ3n) is 3.26. The van der Waals surface area contributed by atoms with Gasteiger partial charge >= 0.3 is 5.97 Å². The van der Waals surface area contributed by atoms with Gasteiger partial charge in [-0.15, -0.1) is 0 Å². The summed E-state index contributed by atoms with van der Waals surface area (Å²) in [5.74, 6) is -1.12. The van der Waals surface area contributed by atoms with Gasteiger partial charge in [0.1, 0.15) is 6.54 Å². The molecule has 0 spiro atoms. The van der Waals surface area contributed by atoms with Crippen molar-refractivity contribution in [3.05, 3.63) is 35.4 Å². The van der Waals surface area contributed by atoms with Crippen LogP contribution in [0.5, 0.6) is 0 Å². The average molecular weight is 277 g/mol. The van der Waals surface area contributed by atoms with Gasteiger partial charge in [-0.25, -0.2) is 0 Å². The van der Waals surface area contributed by atoms with E-state index >= 15 is 0 Å². The highest BCUT2D eigenvalue weighted by Gasteiger charge is 2.15. The van der Waals surface area contributed by atoms with Crippen LogP contribution in [0.1, 0.15) is 37.8 Å². The molecular formula is C16H23NO3. The third-order valence-corrected chi connectivity index (χ3v) is 3.26. The van der Waals surface area contributed by atoms with Crippen molar-refractivity contribution in [3.63, 3.8) is 0 Å². The van der Waals surface area contributed by atoms with Crippen LogP contribution in [0.2, 0.25) is 0 Å². The van der Waals surface area contributed by atoms with Gasteiger partial charge in [0, 0.05) is 6.54 Å². The lowest BCUT2D eigenvalue weighted by molar-refractivity contribution is -0.144. The number of carboxylic acids is 1. The highest BCUT2D eigenvalue weighted by molar-refractivity contribution is 5.82. The van der Waals surface area contributed by atoms with Gasteiger partial charge in [0.25, 0.3) is 0 Å². The number of aryl methyl sites for hydroxylation is 1. The van der Waals surface area contributed by atoms with Crippen molar-refractivity contribution in [1.82, 2.24) is 4.90 Å². The van der Waals surface area contributed by atoms with Gasteiger partial charge in [0.2, 0.25) is 5.91 Å². The summed E-state index contributed by atoms with van der Waals surface area (Å²) >= 11 is 0. The smallest absolute Gasteiger partial charge is 0.323 e. The highest BCUT2D eigenvalue weighted by atomic mass is 16.4. The number of carbonyl (C=O) groups excluding carboxylic acids is 1.